The van der Waals surface area contributed by atoms with E-state index in [1.165, 1.54) is 0 Å². The average Bonchev–Trinajstić information content (AvgIpc) is 2.62. The number of thiazole rings is 1. The predicted octanol–water partition coefficient (Wildman–Crippen LogP) is 1.96. The maximum atomic E-state index is 11.0. The molecule has 0 atom stereocenters. The van der Waals surface area contributed by atoms with Crippen LogP contribution in [-0.4, -0.2) is 15.9 Å². The molecule has 2 N–H and O–H groups in total. The highest BCUT2D eigenvalue weighted by Gasteiger charge is 2.14. The molecule has 15 heavy (non-hydrogen) atoms. The standard InChI is InChI=1S/C9H6ClN3OS/c10-7-6(8(11)14)15-9(13-7)5-2-1-3-12-4-5/h1-4H,(H2,11,14). The zero-order chi connectivity index (χ0) is 10.8. The van der Waals surface area contributed by atoms with Crippen LogP contribution >= 0.6 is 22.9 Å². The van der Waals surface area contributed by atoms with Crippen molar-refractivity contribution in [2.45, 2.75) is 0 Å². The zero-order valence-electron chi connectivity index (χ0n) is 7.48. The van der Waals surface area contributed by atoms with Crippen LogP contribution in [0.15, 0.2) is 24.5 Å². The first-order valence-corrected chi connectivity index (χ1v) is 5.24. The lowest BCUT2D eigenvalue weighted by Crippen LogP contribution is -2.09. The molecule has 2 aromatic rings. The summed E-state index contributed by atoms with van der Waals surface area (Å²) in [5.41, 5.74) is 5.95. The number of aromatic nitrogens is 2. The Morgan fingerprint density at radius 2 is 2.33 bits per heavy atom. The van der Waals surface area contributed by atoms with Crippen LogP contribution in [0, 0.1) is 0 Å². The summed E-state index contributed by atoms with van der Waals surface area (Å²) in [6.07, 6.45) is 3.31. The van der Waals surface area contributed by atoms with Crippen LogP contribution in [-0.2, 0) is 0 Å². The van der Waals surface area contributed by atoms with E-state index in [2.05, 4.69) is 9.97 Å². The summed E-state index contributed by atoms with van der Waals surface area (Å²) in [7, 11) is 0. The number of pyridine rings is 1. The van der Waals surface area contributed by atoms with Gasteiger partial charge in [-0.3, -0.25) is 9.78 Å². The van der Waals surface area contributed by atoms with Crippen molar-refractivity contribution < 1.29 is 4.79 Å². The van der Waals surface area contributed by atoms with Gasteiger partial charge >= 0.3 is 0 Å². The summed E-state index contributed by atoms with van der Waals surface area (Å²) in [6.45, 7) is 0. The Labute approximate surface area is 94.7 Å². The van der Waals surface area contributed by atoms with E-state index in [0.717, 1.165) is 16.9 Å². The van der Waals surface area contributed by atoms with Crippen molar-refractivity contribution in [1.29, 1.82) is 0 Å². The van der Waals surface area contributed by atoms with Gasteiger partial charge in [-0.15, -0.1) is 11.3 Å². The molecule has 0 radical (unpaired) electrons. The van der Waals surface area contributed by atoms with Gasteiger partial charge in [0.1, 0.15) is 9.88 Å². The molecule has 0 spiro atoms. The monoisotopic (exact) mass is 239 g/mol. The van der Waals surface area contributed by atoms with Gasteiger partial charge in [-0.25, -0.2) is 4.98 Å². The summed E-state index contributed by atoms with van der Waals surface area (Å²) in [5.74, 6) is -0.562. The molecule has 0 bridgehead atoms. The second kappa shape index (κ2) is 3.96. The highest BCUT2D eigenvalue weighted by Crippen LogP contribution is 2.29. The molecule has 0 unspecified atom stereocenters. The van der Waals surface area contributed by atoms with Crippen LogP contribution in [0.4, 0.5) is 0 Å². The van der Waals surface area contributed by atoms with Crippen molar-refractivity contribution >= 4 is 28.8 Å². The third-order valence-electron chi connectivity index (χ3n) is 1.72. The fourth-order valence-corrected chi connectivity index (χ4v) is 2.21. The van der Waals surface area contributed by atoms with Crippen LogP contribution in [0.1, 0.15) is 9.67 Å². The van der Waals surface area contributed by atoms with Gasteiger partial charge in [0.15, 0.2) is 5.15 Å². The lowest BCUT2D eigenvalue weighted by atomic mass is 10.3. The SMILES string of the molecule is NC(=O)c1sc(-c2cccnc2)nc1Cl. The van der Waals surface area contributed by atoms with Crippen LogP contribution < -0.4 is 5.73 Å². The van der Waals surface area contributed by atoms with E-state index in [9.17, 15) is 4.79 Å². The molecule has 0 fully saturated rings. The Bertz CT molecular complexity index is 497. The lowest BCUT2D eigenvalue weighted by Gasteiger charge is -1.91. The molecule has 0 aromatic carbocycles. The van der Waals surface area contributed by atoms with Crippen molar-refractivity contribution in [1.82, 2.24) is 9.97 Å². The smallest absolute Gasteiger partial charge is 0.262 e. The van der Waals surface area contributed by atoms with E-state index in [4.69, 9.17) is 17.3 Å². The van der Waals surface area contributed by atoms with Crippen molar-refractivity contribution in [3.8, 4) is 10.6 Å². The number of hydrogen-bond donors (Lipinski definition) is 1. The quantitative estimate of drug-likeness (QED) is 0.871. The van der Waals surface area contributed by atoms with Crippen molar-refractivity contribution in [2.75, 3.05) is 0 Å². The van der Waals surface area contributed by atoms with E-state index in [0.29, 0.717) is 5.01 Å². The first-order chi connectivity index (χ1) is 7.18. The highest BCUT2D eigenvalue weighted by molar-refractivity contribution is 7.17. The van der Waals surface area contributed by atoms with Crippen LogP contribution in [0.25, 0.3) is 10.6 Å². The topological polar surface area (TPSA) is 68.9 Å². The average molecular weight is 240 g/mol. The molecular weight excluding hydrogens is 234 g/mol. The summed E-state index contributed by atoms with van der Waals surface area (Å²) in [5, 5.41) is 0.785. The Morgan fingerprint density at radius 3 is 2.87 bits per heavy atom. The van der Waals surface area contributed by atoms with E-state index in [1.807, 2.05) is 6.07 Å². The molecule has 1 amide bonds. The minimum atomic E-state index is -0.562. The number of rotatable bonds is 2. The van der Waals surface area contributed by atoms with Gasteiger partial charge in [0, 0.05) is 18.0 Å². The molecular formula is C9H6ClN3OS. The number of carbonyl (C=O) groups is 1. The molecule has 2 aromatic heterocycles. The minimum Gasteiger partial charge on any atom is -0.365 e. The van der Waals surface area contributed by atoms with Crippen LogP contribution in [0.2, 0.25) is 5.15 Å². The maximum Gasteiger partial charge on any atom is 0.262 e. The largest absolute Gasteiger partial charge is 0.365 e. The summed E-state index contributed by atoms with van der Waals surface area (Å²) in [6, 6.07) is 3.63. The van der Waals surface area contributed by atoms with Gasteiger partial charge in [-0.2, -0.15) is 0 Å². The molecule has 76 valence electrons. The van der Waals surface area contributed by atoms with Crippen LogP contribution in [0.5, 0.6) is 0 Å². The summed E-state index contributed by atoms with van der Waals surface area (Å²) in [4.78, 5) is 19.2. The van der Waals surface area contributed by atoms with Gasteiger partial charge < -0.3 is 5.73 Å². The van der Waals surface area contributed by atoms with Crippen molar-refractivity contribution in [3.63, 3.8) is 0 Å². The maximum absolute atomic E-state index is 11.0. The van der Waals surface area contributed by atoms with Gasteiger partial charge in [-0.1, -0.05) is 11.6 Å². The normalized spacial score (nSPS) is 10.2. The molecule has 2 heterocycles. The lowest BCUT2D eigenvalue weighted by molar-refractivity contribution is 0.100. The van der Waals surface area contributed by atoms with Gasteiger partial charge in [-0.05, 0) is 12.1 Å². The molecule has 6 heteroatoms. The Kier molecular flexibility index (Phi) is 2.66. The Hall–Kier alpha value is -1.46. The van der Waals surface area contributed by atoms with Crippen molar-refractivity contribution in [2.24, 2.45) is 5.73 Å². The molecule has 4 nitrogen and oxygen atoms in total. The molecule has 0 aliphatic heterocycles. The summed E-state index contributed by atoms with van der Waals surface area (Å²) >= 11 is 6.93. The first kappa shape index (κ1) is 10.1. The number of carbonyl (C=O) groups excluding carboxylic acids is 1. The third-order valence-corrected chi connectivity index (χ3v) is 3.22. The summed E-state index contributed by atoms with van der Waals surface area (Å²) < 4.78 is 0. The van der Waals surface area contributed by atoms with Crippen LogP contribution in [0.3, 0.4) is 0 Å². The predicted molar refractivity (Wildman–Crippen MR) is 58.9 cm³/mol. The van der Waals surface area contributed by atoms with E-state index < -0.39 is 5.91 Å². The molecule has 0 aliphatic rings. The minimum absolute atomic E-state index is 0.145. The Morgan fingerprint density at radius 1 is 1.53 bits per heavy atom. The molecule has 2 rings (SSSR count). The Balaban J connectivity index is 2.48. The molecule has 0 saturated carbocycles. The number of nitrogens with two attached hydrogens (primary N) is 1. The number of nitrogens with zero attached hydrogens (tertiary/aromatic N) is 2. The second-order valence-corrected chi connectivity index (χ2v) is 4.10. The number of primary amides is 1. The van der Waals surface area contributed by atoms with Gasteiger partial charge in [0.05, 0.1) is 0 Å². The highest BCUT2D eigenvalue weighted by atomic mass is 35.5. The number of halogens is 1. The zero-order valence-corrected chi connectivity index (χ0v) is 9.05. The van der Waals surface area contributed by atoms with Gasteiger partial charge in [0.25, 0.3) is 5.91 Å². The first-order valence-electron chi connectivity index (χ1n) is 4.05. The van der Waals surface area contributed by atoms with E-state index in [1.54, 1.807) is 18.5 Å². The van der Waals surface area contributed by atoms with Crippen molar-refractivity contribution in [3.05, 3.63) is 34.6 Å². The fourth-order valence-electron chi connectivity index (χ4n) is 1.07. The molecule has 0 saturated heterocycles. The van der Waals surface area contributed by atoms with E-state index in [-0.39, 0.29) is 10.0 Å². The third kappa shape index (κ3) is 1.98. The fraction of sp³-hybridized carbons (Fsp3) is 0. The number of hydrogen-bond acceptors (Lipinski definition) is 4. The van der Waals surface area contributed by atoms with E-state index >= 15 is 0 Å². The van der Waals surface area contributed by atoms with Gasteiger partial charge in [0.2, 0.25) is 0 Å². The second-order valence-electron chi connectivity index (χ2n) is 2.74. The molecule has 0 aliphatic carbocycles. The number of amides is 1.